The first kappa shape index (κ1) is 18.4. The zero-order valence-electron chi connectivity index (χ0n) is 14.2. The van der Waals surface area contributed by atoms with Gasteiger partial charge in [0.15, 0.2) is 11.2 Å². The Morgan fingerprint density at radius 3 is 2.76 bits per heavy atom. The van der Waals surface area contributed by atoms with Crippen molar-refractivity contribution in [3.63, 3.8) is 0 Å². The summed E-state index contributed by atoms with van der Waals surface area (Å²) in [6, 6.07) is 7.42. The summed E-state index contributed by atoms with van der Waals surface area (Å²) >= 11 is 4.84. The van der Waals surface area contributed by atoms with E-state index in [-0.39, 0.29) is 5.91 Å². The van der Waals surface area contributed by atoms with Crippen LogP contribution in [-0.4, -0.2) is 35.0 Å². The van der Waals surface area contributed by atoms with Gasteiger partial charge in [0.25, 0.3) is 5.91 Å². The molecule has 1 aliphatic rings. The number of thiazole rings is 1. The largest absolute Gasteiger partial charge is 0.481 e. The first-order valence-electron chi connectivity index (χ1n) is 8.50. The third-order valence-electron chi connectivity index (χ3n) is 4.11. The number of hydrogen-bond acceptors (Lipinski definition) is 5. The Hall–Kier alpha value is -1.44. The molecule has 1 aromatic carbocycles. The molecule has 2 aromatic rings. The molecule has 0 bridgehead atoms. The van der Waals surface area contributed by atoms with Crippen molar-refractivity contribution in [2.24, 2.45) is 0 Å². The standard InChI is InChI=1S/C18H22BrN3O2S/c1-13(24-16-7-5-14(19)6-8-16)17(23)21-18-20-15(12-25-18)11-22-9-3-2-4-10-22/h5-8,12-13H,2-4,9-11H2,1H3,(H,20,21,23)/t13-/m1/s1. The van der Waals surface area contributed by atoms with Gasteiger partial charge in [0.05, 0.1) is 5.69 Å². The molecular formula is C18H22BrN3O2S. The van der Waals surface area contributed by atoms with Crippen LogP contribution in [-0.2, 0) is 11.3 Å². The molecule has 0 unspecified atom stereocenters. The molecule has 2 heterocycles. The molecule has 0 spiro atoms. The highest BCUT2D eigenvalue weighted by atomic mass is 79.9. The third kappa shape index (κ3) is 5.52. The molecule has 134 valence electrons. The zero-order chi connectivity index (χ0) is 17.6. The predicted molar refractivity (Wildman–Crippen MR) is 104 cm³/mol. The van der Waals surface area contributed by atoms with Crippen molar-refractivity contribution in [2.75, 3.05) is 18.4 Å². The smallest absolute Gasteiger partial charge is 0.266 e. The number of piperidine rings is 1. The number of ether oxygens (including phenoxy) is 1. The summed E-state index contributed by atoms with van der Waals surface area (Å²) in [7, 11) is 0. The monoisotopic (exact) mass is 423 g/mol. The Labute approximate surface area is 160 Å². The van der Waals surface area contributed by atoms with Gasteiger partial charge in [-0.3, -0.25) is 15.0 Å². The number of nitrogens with one attached hydrogen (secondary N) is 1. The van der Waals surface area contributed by atoms with Crippen LogP contribution in [0.4, 0.5) is 5.13 Å². The van der Waals surface area contributed by atoms with Crippen LogP contribution >= 0.6 is 27.3 Å². The van der Waals surface area contributed by atoms with Gasteiger partial charge in [-0.1, -0.05) is 22.4 Å². The maximum atomic E-state index is 12.3. The van der Waals surface area contributed by atoms with Crippen molar-refractivity contribution in [1.29, 1.82) is 0 Å². The second-order valence-corrected chi connectivity index (χ2v) is 7.96. The number of nitrogens with zero attached hydrogens (tertiary/aromatic N) is 2. The number of rotatable bonds is 6. The van der Waals surface area contributed by atoms with E-state index >= 15 is 0 Å². The van der Waals surface area contributed by atoms with Gasteiger partial charge >= 0.3 is 0 Å². The molecule has 0 aliphatic carbocycles. The van der Waals surface area contributed by atoms with E-state index in [9.17, 15) is 4.79 Å². The summed E-state index contributed by atoms with van der Waals surface area (Å²) in [5, 5.41) is 5.49. The Morgan fingerprint density at radius 1 is 1.32 bits per heavy atom. The molecule has 25 heavy (non-hydrogen) atoms. The van der Waals surface area contributed by atoms with Gasteiger partial charge in [-0.2, -0.15) is 0 Å². The van der Waals surface area contributed by atoms with E-state index in [1.807, 2.05) is 29.6 Å². The van der Waals surface area contributed by atoms with Crippen LogP contribution in [0.15, 0.2) is 34.1 Å². The minimum Gasteiger partial charge on any atom is -0.481 e. The fraction of sp³-hybridized carbons (Fsp3) is 0.444. The minimum absolute atomic E-state index is 0.193. The summed E-state index contributed by atoms with van der Waals surface area (Å²) in [6.45, 7) is 4.87. The molecule has 1 atom stereocenters. The zero-order valence-corrected chi connectivity index (χ0v) is 16.6. The topological polar surface area (TPSA) is 54.5 Å². The number of carbonyl (C=O) groups is 1. The number of benzene rings is 1. The number of anilines is 1. The molecule has 1 aliphatic heterocycles. The second kappa shape index (κ2) is 8.78. The van der Waals surface area contributed by atoms with E-state index < -0.39 is 6.10 Å². The average Bonchev–Trinajstić information content (AvgIpc) is 3.04. The van der Waals surface area contributed by atoms with Crippen LogP contribution in [0.5, 0.6) is 5.75 Å². The highest BCUT2D eigenvalue weighted by Gasteiger charge is 2.17. The number of aromatic nitrogens is 1. The molecule has 0 saturated carbocycles. The molecular weight excluding hydrogens is 402 g/mol. The number of carbonyl (C=O) groups excluding carboxylic acids is 1. The summed E-state index contributed by atoms with van der Waals surface area (Å²) in [6.07, 6.45) is 3.26. The van der Waals surface area contributed by atoms with Crippen molar-refractivity contribution in [2.45, 2.75) is 38.8 Å². The molecule has 1 N–H and O–H groups in total. The van der Waals surface area contributed by atoms with Crippen molar-refractivity contribution in [3.8, 4) is 5.75 Å². The lowest BCUT2D eigenvalue weighted by Gasteiger charge is -2.25. The predicted octanol–water partition coefficient (Wildman–Crippen LogP) is 4.30. The molecule has 0 radical (unpaired) electrons. The molecule has 5 nitrogen and oxygen atoms in total. The number of hydrogen-bond donors (Lipinski definition) is 1. The Bertz CT molecular complexity index is 699. The molecule has 1 saturated heterocycles. The van der Waals surface area contributed by atoms with Crippen LogP contribution in [0.25, 0.3) is 0 Å². The van der Waals surface area contributed by atoms with E-state index in [0.29, 0.717) is 10.9 Å². The maximum absolute atomic E-state index is 12.3. The van der Waals surface area contributed by atoms with Crippen molar-refractivity contribution >= 4 is 38.3 Å². The van der Waals surface area contributed by atoms with Gasteiger partial charge in [0.1, 0.15) is 5.75 Å². The molecule has 1 amide bonds. The van der Waals surface area contributed by atoms with Gasteiger partial charge in [0, 0.05) is 16.4 Å². The number of likely N-dealkylation sites (tertiary alicyclic amines) is 1. The maximum Gasteiger partial charge on any atom is 0.266 e. The lowest BCUT2D eigenvalue weighted by atomic mass is 10.1. The Morgan fingerprint density at radius 2 is 2.04 bits per heavy atom. The SMILES string of the molecule is C[C@@H](Oc1ccc(Br)cc1)C(=O)Nc1nc(CN2CCCCC2)cs1. The fourth-order valence-electron chi connectivity index (χ4n) is 2.76. The van der Waals surface area contributed by atoms with Gasteiger partial charge in [0.2, 0.25) is 0 Å². The quantitative estimate of drug-likeness (QED) is 0.752. The number of amides is 1. The van der Waals surface area contributed by atoms with Crippen LogP contribution in [0.2, 0.25) is 0 Å². The highest BCUT2D eigenvalue weighted by Crippen LogP contribution is 2.20. The van der Waals surface area contributed by atoms with E-state index in [2.05, 4.69) is 31.1 Å². The summed E-state index contributed by atoms with van der Waals surface area (Å²) in [5.41, 5.74) is 1.02. The van der Waals surface area contributed by atoms with E-state index in [4.69, 9.17) is 4.74 Å². The molecule has 7 heteroatoms. The third-order valence-corrected chi connectivity index (χ3v) is 5.45. The molecule has 3 rings (SSSR count). The lowest BCUT2D eigenvalue weighted by Crippen LogP contribution is -2.30. The van der Waals surface area contributed by atoms with Crippen LogP contribution in [0, 0.1) is 0 Å². The first-order valence-corrected chi connectivity index (χ1v) is 10.2. The van der Waals surface area contributed by atoms with E-state index in [1.165, 1.54) is 30.6 Å². The number of halogens is 1. The first-order chi connectivity index (χ1) is 12.1. The minimum atomic E-state index is -0.587. The summed E-state index contributed by atoms with van der Waals surface area (Å²) in [5.74, 6) is 0.470. The van der Waals surface area contributed by atoms with Gasteiger partial charge in [-0.25, -0.2) is 4.98 Å². The molecule has 1 fully saturated rings. The summed E-state index contributed by atoms with van der Waals surface area (Å²) < 4.78 is 6.64. The van der Waals surface area contributed by atoms with Crippen molar-refractivity contribution in [3.05, 3.63) is 39.8 Å². The van der Waals surface area contributed by atoms with Crippen LogP contribution in [0.3, 0.4) is 0 Å². The summed E-state index contributed by atoms with van der Waals surface area (Å²) in [4.78, 5) is 19.2. The van der Waals surface area contributed by atoms with Crippen molar-refractivity contribution < 1.29 is 9.53 Å². The lowest BCUT2D eigenvalue weighted by molar-refractivity contribution is -0.122. The van der Waals surface area contributed by atoms with Crippen molar-refractivity contribution in [1.82, 2.24) is 9.88 Å². The van der Waals surface area contributed by atoms with E-state index in [1.54, 1.807) is 6.92 Å². The van der Waals surface area contributed by atoms with Gasteiger partial charge in [-0.15, -0.1) is 11.3 Å². The van der Waals surface area contributed by atoms with Gasteiger partial charge < -0.3 is 4.74 Å². The second-order valence-electron chi connectivity index (χ2n) is 6.18. The normalized spacial score (nSPS) is 16.4. The van der Waals surface area contributed by atoms with Crippen LogP contribution < -0.4 is 10.1 Å². The van der Waals surface area contributed by atoms with Gasteiger partial charge in [-0.05, 0) is 57.1 Å². The average molecular weight is 424 g/mol. The highest BCUT2D eigenvalue weighted by molar-refractivity contribution is 9.10. The van der Waals surface area contributed by atoms with E-state index in [0.717, 1.165) is 29.8 Å². The Kier molecular flexibility index (Phi) is 6.45. The van der Waals surface area contributed by atoms with Crippen LogP contribution in [0.1, 0.15) is 31.9 Å². The Balaban J connectivity index is 1.51. The fourth-order valence-corrected chi connectivity index (χ4v) is 3.73. The molecule has 1 aromatic heterocycles.